The largest absolute Gasteiger partial charge is 0.480 e. The number of carboxylic acids is 1. The maximum absolute atomic E-state index is 13.1. The Morgan fingerprint density at radius 3 is 2.06 bits per heavy atom. The molecule has 0 fully saturated rings. The number of rotatable bonds is 17. The van der Waals surface area contributed by atoms with E-state index in [2.05, 4.69) is 28.6 Å². The Kier molecular flexibility index (Phi) is 15.1. The second-order valence-electron chi connectivity index (χ2n) is 8.07. The molecule has 1 aromatic carbocycles. The van der Waals surface area contributed by atoms with Crippen molar-refractivity contribution in [3.63, 3.8) is 0 Å². The molecule has 0 radical (unpaired) electrons. The number of benzene rings is 1. The molecule has 0 aliphatic rings. The molecule has 0 saturated heterocycles. The van der Waals surface area contributed by atoms with Gasteiger partial charge in [-0.2, -0.15) is 24.4 Å². The van der Waals surface area contributed by atoms with Crippen LogP contribution in [0.15, 0.2) is 30.3 Å². The summed E-state index contributed by atoms with van der Waals surface area (Å²) in [6, 6.07) is 5.37. The highest BCUT2D eigenvalue weighted by atomic mass is 32.2. The Morgan fingerprint density at radius 2 is 1.51 bits per heavy atom. The van der Waals surface area contributed by atoms with Crippen molar-refractivity contribution < 1.29 is 24.3 Å². The van der Waals surface area contributed by atoms with Crippen LogP contribution in [-0.4, -0.2) is 77.3 Å². The van der Waals surface area contributed by atoms with Crippen LogP contribution in [-0.2, 0) is 25.6 Å². The molecule has 12 heteroatoms. The normalized spacial score (nSPS) is 14.3. The van der Waals surface area contributed by atoms with E-state index in [0.717, 1.165) is 5.56 Å². The number of hydrogen-bond donors (Lipinski definition) is 7. The quantitative estimate of drug-likeness (QED) is 0.109. The van der Waals surface area contributed by atoms with Crippen LogP contribution < -0.4 is 27.4 Å². The predicted molar refractivity (Wildman–Crippen MR) is 141 cm³/mol. The van der Waals surface area contributed by atoms with E-state index in [1.54, 1.807) is 0 Å². The number of carbonyl (C=O) groups is 4. The molecule has 196 valence electrons. The summed E-state index contributed by atoms with van der Waals surface area (Å²) in [7, 11) is 0. The summed E-state index contributed by atoms with van der Waals surface area (Å²) in [4.78, 5) is 49.8. The third kappa shape index (κ3) is 11.8. The second kappa shape index (κ2) is 17.2. The van der Waals surface area contributed by atoms with Crippen LogP contribution in [0.2, 0.25) is 0 Å². The van der Waals surface area contributed by atoms with Gasteiger partial charge in [-0.05, 0) is 56.2 Å². The molecule has 0 heterocycles. The fourth-order valence-electron chi connectivity index (χ4n) is 3.24. The van der Waals surface area contributed by atoms with Crippen LogP contribution in [0.25, 0.3) is 0 Å². The second-order valence-corrected chi connectivity index (χ2v) is 9.42. The number of nitrogens with two attached hydrogens (primary N) is 2. The van der Waals surface area contributed by atoms with Crippen molar-refractivity contribution in [1.82, 2.24) is 16.0 Å². The lowest BCUT2D eigenvalue weighted by molar-refractivity contribution is -0.141. The van der Waals surface area contributed by atoms with Gasteiger partial charge in [0.05, 0.1) is 6.04 Å². The van der Waals surface area contributed by atoms with E-state index in [4.69, 9.17) is 11.5 Å². The lowest BCUT2D eigenvalue weighted by Crippen LogP contribution is -2.57. The molecule has 0 aromatic heterocycles. The minimum atomic E-state index is -1.22. The molecule has 1 rings (SSSR count). The zero-order valence-corrected chi connectivity index (χ0v) is 21.7. The number of thioether (sulfide) groups is 1. The van der Waals surface area contributed by atoms with Crippen LogP contribution in [0.1, 0.15) is 31.2 Å². The number of carbonyl (C=O) groups excluding carboxylic acids is 3. The molecule has 10 nitrogen and oxygen atoms in total. The van der Waals surface area contributed by atoms with Crippen LogP contribution in [0.4, 0.5) is 0 Å². The van der Waals surface area contributed by atoms with Gasteiger partial charge in [0, 0.05) is 5.75 Å². The van der Waals surface area contributed by atoms with Gasteiger partial charge in [0.2, 0.25) is 17.7 Å². The SMILES string of the molecule is CSCCC(NC(=O)C(CCCCN)NC(=O)C(N)Cc1ccccc1)C(=O)NC(CS)C(=O)O. The Labute approximate surface area is 216 Å². The van der Waals surface area contributed by atoms with Crippen molar-refractivity contribution in [2.45, 2.75) is 56.3 Å². The Hall–Kier alpha value is -2.28. The van der Waals surface area contributed by atoms with Gasteiger partial charge >= 0.3 is 5.97 Å². The van der Waals surface area contributed by atoms with Gasteiger partial charge in [0.15, 0.2) is 0 Å². The highest BCUT2D eigenvalue weighted by molar-refractivity contribution is 7.98. The predicted octanol–water partition coefficient (Wildman–Crippen LogP) is -0.0927. The lowest BCUT2D eigenvalue weighted by Gasteiger charge is -2.25. The molecule has 4 atom stereocenters. The minimum absolute atomic E-state index is 0.0959. The molecule has 3 amide bonds. The van der Waals surface area contributed by atoms with E-state index in [1.807, 2.05) is 36.6 Å². The molecule has 35 heavy (non-hydrogen) atoms. The molecule has 0 spiro atoms. The van der Waals surface area contributed by atoms with Gasteiger partial charge < -0.3 is 32.5 Å². The Balaban J connectivity index is 2.91. The van der Waals surface area contributed by atoms with Crippen molar-refractivity contribution in [1.29, 1.82) is 0 Å². The molecule has 0 aliphatic heterocycles. The summed E-state index contributed by atoms with van der Waals surface area (Å²) in [5.41, 5.74) is 12.5. The summed E-state index contributed by atoms with van der Waals surface area (Å²) >= 11 is 5.44. The fourth-order valence-corrected chi connectivity index (χ4v) is 3.95. The molecule has 8 N–H and O–H groups in total. The highest BCUT2D eigenvalue weighted by Crippen LogP contribution is 2.07. The van der Waals surface area contributed by atoms with E-state index in [9.17, 15) is 24.3 Å². The average Bonchev–Trinajstić information content (AvgIpc) is 2.84. The monoisotopic (exact) mass is 527 g/mol. The van der Waals surface area contributed by atoms with Gasteiger partial charge in [0.1, 0.15) is 18.1 Å². The first-order chi connectivity index (χ1) is 16.7. The van der Waals surface area contributed by atoms with Crippen LogP contribution in [0.5, 0.6) is 0 Å². The molecule has 4 unspecified atom stereocenters. The van der Waals surface area contributed by atoms with E-state index in [-0.39, 0.29) is 12.2 Å². The van der Waals surface area contributed by atoms with Crippen molar-refractivity contribution in [2.24, 2.45) is 11.5 Å². The first-order valence-corrected chi connectivity index (χ1v) is 13.5. The van der Waals surface area contributed by atoms with Gasteiger partial charge in [-0.1, -0.05) is 30.3 Å². The summed E-state index contributed by atoms with van der Waals surface area (Å²) in [6.07, 6.45) is 4.02. The number of hydrogen-bond acceptors (Lipinski definition) is 8. The summed E-state index contributed by atoms with van der Waals surface area (Å²) in [5.74, 6) is -2.40. The summed E-state index contributed by atoms with van der Waals surface area (Å²) in [6.45, 7) is 0.439. The topological polar surface area (TPSA) is 177 Å². The molecule has 1 aromatic rings. The molecular weight excluding hydrogens is 490 g/mol. The summed E-state index contributed by atoms with van der Waals surface area (Å²) in [5, 5.41) is 17.0. The van der Waals surface area contributed by atoms with Crippen LogP contribution in [0, 0.1) is 0 Å². The van der Waals surface area contributed by atoms with Crippen LogP contribution >= 0.6 is 24.4 Å². The minimum Gasteiger partial charge on any atom is -0.480 e. The van der Waals surface area contributed by atoms with Gasteiger partial charge in [0.25, 0.3) is 0 Å². The third-order valence-corrected chi connectivity index (χ3v) is 6.27. The van der Waals surface area contributed by atoms with Gasteiger partial charge in [-0.3, -0.25) is 14.4 Å². The zero-order chi connectivity index (χ0) is 26.2. The smallest absolute Gasteiger partial charge is 0.327 e. The van der Waals surface area contributed by atoms with Gasteiger partial charge in [-0.25, -0.2) is 4.79 Å². The highest BCUT2D eigenvalue weighted by Gasteiger charge is 2.29. The zero-order valence-electron chi connectivity index (χ0n) is 19.9. The Bertz CT molecular complexity index is 815. The number of amides is 3. The molecule has 0 bridgehead atoms. The Morgan fingerprint density at radius 1 is 0.943 bits per heavy atom. The molecule has 0 saturated carbocycles. The third-order valence-electron chi connectivity index (χ3n) is 5.26. The van der Waals surface area contributed by atoms with Gasteiger partial charge in [-0.15, -0.1) is 0 Å². The van der Waals surface area contributed by atoms with Crippen molar-refractivity contribution >= 4 is 48.1 Å². The molecular formula is C23H37N5O5S2. The van der Waals surface area contributed by atoms with Crippen molar-refractivity contribution in [3.05, 3.63) is 35.9 Å². The van der Waals surface area contributed by atoms with Crippen LogP contribution in [0.3, 0.4) is 0 Å². The standard InChI is InChI=1S/C23H37N5O5S2/c1-35-12-10-18(22(31)28-19(14-34)23(32)33)27-21(30)17(9-5-6-11-24)26-20(29)16(25)13-15-7-3-2-4-8-15/h2-4,7-8,16-19,34H,5-6,9-14,24-25H2,1H3,(H,26,29)(H,27,30)(H,28,31)(H,32,33). The van der Waals surface area contributed by atoms with Crippen molar-refractivity contribution in [2.75, 3.05) is 24.3 Å². The molecule has 0 aliphatic carbocycles. The maximum Gasteiger partial charge on any atom is 0.327 e. The first kappa shape index (κ1) is 30.8. The van der Waals surface area contributed by atoms with Crippen molar-refractivity contribution in [3.8, 4) is 0 Å². The van der Waals surface area contributed by atoms with E-state index in [1.165, 1.54) is 11.8 Å². The summed E-state index contributed by atoms with van der Waals surface area (Å²) < 4.78 is 0. The number of aliphatic carboxylic acids is 1. The lowest BCUT2D eigenvalue weighted by atomic mass is 10.0. The van der Waals surface area contributed by atoms with E-state index in [0.29, 0.717) is 38.0 Å². The maximum atomic E-state index is 13.1. The number of thiol groups is 1. The average molecular weight is 528 g/mol. The number of unbranched alkanes of at least 4 members (excludes halogenated alkanes) is 1. The number of nitrogens with one attached hydrogen (secondary N) is 3. The number of carboxylic acid groups (broad SMARTS) is 1. The fraction of sp³-hybridized carbons (Fsp3) is 0.565. The van der Waals surface area contributed by atoms with E-state index < -0.39 is 47.9 Å². The first-order valence-electron chi connectivity index (χ1n) is 11.5. The van der Waals surface area contributed by atoms with E-state index >= 15 is 0 Å².